The maximum absolute atomic E-state index is 11.8. The van der Waals surface area contributed by atoms with Gasteiger partial charge in [-0.25, -0.2) is 0 Å². The fraction of sp³-hybridized carbons (Fsp3) is 0.909. The number of carbonyl (C=O) groups excluding carboxylic acids is 1. The Balaban J connectivity index is 2.58. The van der Waals surface area contributed by atoms with Gasteiger partial charge in [-0.05, 0) is 33.6 Å². The summed E-state index contributed by atoms with van der Waals surface area (Å²) in [4.78, 5) is 11.8. The Labute approximate surface area is 86.0 Å². The molecular weight excluding hydrogens is 178 g/mol. The van der Waals surface area contributed by atoms with Crippen LogP contribution in [-0.4, -0.2) is 17.1 Å². The molecule has 0 aliphatic heterocycles. The van der Waals surface area contributed by atoms with Crippen molar-refractivity contribution in [2.45, 2.75) is 64.0 Å². The summed E-state index contributed by atoms with van der Waals surface area (Å²) in [5, 5.41) is 0. The van der Waals surface area contributed by atoms with Gasteiger partial charge in [0.05, 0.1) is 0 Å². The lowest BCUT2D eigenvalue weighted by Crippen LogP contribution is -2.52. The number of ether oxygens (including phenoxy) is 1. The lowest BCUT2D eigenvalue weighted by Gasteiger charge is -2.33. The molecule has 82 valence electrons. The Hall–Kier alpha value is -0.570. The van der Waals surface area contributed by atoms with Gasteiger partial charge in [-0.15, -0.1) is 0 Å². The normalized spacial score (nSPS) is 21.7. The second-order valence-electron chi connectivity index (χ2n) is 5.22. The third-order valence-electron chi connectivity index (χ3n) is 2.55. The fourth-order valence-corrected chi connectivity index (χ4v) is 1.77. The molecule has 0 atom stereocenters. The van der Waals surface area contributed by atoms with Crippen LogP contribution < -0.4 is 5.73 Å². The monoisotopic (exact) mass is 199 g/mol. The van der Waals surface area contributed by atoms with Crippen LogP contribution in [0.4, 0.5) is 0 Å². The average molecular weight is 199 g/mol. The molecule has 14 heavy (non-hydrogen) atoms. The van der Waals surface area contributed by atoms with Gasteiger partial charge in [0.2, 0.25) is 0 Å². The van der Waals surface area contributed by atoms with Crippen molar-refractivity contribution in [1.29, 1.82) is 0 Å². The van der Waals surface area contributed by atoms with Crippen molar-refractivity contribution in [2.24, 2.45) is 5.73 Å². The largest absolute Gasteiger partial charge is 0.459 e. The summed E-state index contributed by atoms with van der Waals surface area (Å²) in [5.74, 6) is -0.232. The highest BCUT2D eigenvalue weighted by atomic mass is 16.6. The Bertz CT molecular complexity index is 212. The molecule has 1 aliphatic rings. The van der Waals surface area contributed by atoms with Crippen LogP contribution in [0.3, 0.4) is 0 Å². The first-order valence-electron chi connectivity index (χ1n) is 5.36. The van der Waals surface area contributed by atoms with Crippen LogP contribution in [-0.2, 0) is 9.53 Å². The van der Waals surface area contributed by atoms with E-state index in [1.807, 2.05) is 20.8 Å². The molecule has 0 radical (unpaired) electrons. The van der Waals surface area contributed by atoms with Crippen molar-refractivity contribution >= 4 is 5.97 Å². The lowest BCUT2D eigenvalue weighted by atomic mass is 9.82. The van der Waals surface area contributed by atoms with Crippen molar-refractivity contribution in [1.82, 2.24) is 0 Å². The first-order chi connectivity index (χ1) is 6.33. The first kappa shape index (κ1) is 11.5. The molecule has 2 N–H and O–H groups in total. The maximum atomic E-state index is 11.8. The summed E-state index contributed by atoms with van der Waals surface area (Å²) in [6, 6.07) is 0. The summed E-state index contributed by atoms with van der Waals surface area (Å²) in [5.41, 5.74) is 4.89. The van der Waals surface area contributed by atoms with E-state index in [1.165, 1.54) is 6.42 Å². The first-order valence-corrected chi connectivity index (χ1v) is 5.36. The van der Waals surface area contributed by atoms with Crippen LogP contribution in [0.1, 0.15) is 52.9 Å². The van der Waals surface area contributed by atoms with Crippen molar-refractivity contribution in [3.8, 4) is 0 Å². The molecule has 0 aromatic heterocycles. The van der Waals surface area contributed by atoms with E-state index in [0.717, 1.165) is 25.7 Å². The van der Waals surface area contributed by atoms with Crippen molar-refractivity contribution in [2.75, 3.05) is 0 Å². The second kappa shape index (κ2) is 3.89. The van der Waals surface area contributed by atoms with E-state index in [1.54, 1.807) is 0 Å². The van der Waals surface area contributed by atoms with Gasteiger partial charge in [-0.1, -0.05) is 19.3 Å². The summed E-state index contributed by atoms with van der Waals surface area (Å²) in [7, 11) is 0. The maximum Gasteiger partial charge on any atom is 0.326 e. The van der Waals surface area contributed by atoms with Crippen LogP contribution in [0.25, 0.3) is 0 Å². The zero-order valence-electron chi connectivity index (χ0n) is 9.43. The van der Waals surface area contributed by atoms with Gasteiger partial charge in [-0.2, -0.15) is 0 Å². The lowest BCUT2D eigenvalue weighted by molar-refractivity contribution is -0.163. The summed E-state index contributed by atoms with van der Waals surface area (Å²) in [6.45, 7) is 5.62. The van der Waals surface area contributed by atoms with Gasteiger partial charge in [0.25, 0.3) is 0 Å². The molecule has 0 heterocycles. The topological polar surface area (TPSA) is 52.3 Å². The molecule has 0 spiro atoms. The van der Waals surface area contributed by atoms with Crippen LogP contribution >= 0.6 is 0 Å². The number of rotatable bonds is 1. The molecule has 0 amide bonds. The fourth-order valence-electron chi connectivity index (χ4n) is 1.77. The van der Waals surface area contributed by atoms with Gasteiger partial charge in [-0.3, -0.25) is 4.79 Å². The third-order valence-corrected chi connectivity index (χ3v) is 2.55. The molecule has 1 saturated carbocycles. The van der Waals surface area contributed by atoms with Gasteiger partial charge in [0.1, 0.15) is 11.1 Å². The van der Waals surface area contributed by atoms with Gasteiger partial charge < -0.3 is 10.5 Å². The molecule has 1 rings (SSSR count). The number of hydrogen-bond acceptors (Lipinski definition) is 3. The third kappa shape index (κ3) is 2.98. The second-order valence-corrected chi connectivity index (χ2v) is 5.22. The minimum Gasteiger partial charge on any atom is -0.459 e. The van der Waals surface area contributed by atoms with Gasteiger partial charge >= 0.3 is 5.97 Å². The Morgan fingerprint density at radius 2 is 1.71 bits per heavy atom. The van der Waals surface area contributed by atoms with Crippen LogP contribution in [0.15, 0.2) is 0 Å². The molecule has 0 saturated heterocycles. The number of carbonyl (C=O) groups is 1. The van der Waals surface area contributed by atoms with E-state index in [2.05, 4.69) is 0 Å². The molecule has 0 aromatic carbocycles. The quantitative estimate of drug-likeness (QED) is 0.657. The molecule has 0 unspecified atom stereocenters. The minimum absolute atomic E-state index is 0.232. The molecule has 0 bridgehead atoms. The predicted octanol–water partition coefficient (Wildman–Crippen LogP) is 1.99. The van der Waals surface area contributed by atoms with E-state index < -0.39 is 11.1 Å². The molecule has 0 aromatic rings. The van der Waals surface area contributed by atoms with Crippen LogP contribution in [0.5, 0.6) is 0 Å². The number of esters is 1. The molecular formula is C11H21NO2. The molecule has 3 heteroatoms. The minimum atomic E-state index is -0.717. The van der Waals surface area contributed by atoms with Gasteiger partial charge in [0, 0.05) is 0 Å². The summed E-state index contributed by atoms with van der Waals surface area (Å²) in [6.07, 6.45) is 4.79. The van der Waals surface area contributed by atoms with E-state index in [4.69, 9.17) is 10.5 Å². The smallest absolute Gasteiger partial charge is 0.326 e. The van der Waals surface area contributed by atoms with Crippen molar-refractivity contribution < 1.29 is 9.53 Å². The Morgan fingerprint density at radius 3 is 2.14 bits per heavy atom. The standard InChI is InChI=1S/C11H21NO2/c1-10(2,3)14-9(13)11(12)7-5-4-6-8-11/h4-8,12H2,1-3H3. The van der Waals surface area contributed by atoms with Gasteiger partial charge in [0.15, 0.2) is 0 Å². The zero-order chi connectivity index (χ0) is 10.8. The summed E-state index contributed by atoms with van der Waals surface area (Å²) < 4.78 is 5.32. The SMILES string of the molecule is CC(C)(C)OC(=O)C1(N)CCCCC1. The van der Waals surface area contributed by atoms with Crippen molar-refractivity contribution in [3.05, 3.63) is 0 Å². The highest BCUT2D eigenvalue weighted by molar-refractivity contribution is 5.81. The average Bonchev–Trinajstić information content (AvgIpc) is 2.02. The predicted molar refractivity (Wildman–Crippen MR) is 55.8 cm³/mol. The van der Waals surface area contributed by atoms with Crippen LogP contribution in [0, 0.1) is 0 Å². The molecule has 1 aliphatic carbocycles. The highest BCUT2D eigenvalue weighted by Gasteiger charge is 2.38. The van der Waals surface area contributed by atoms with E-state index in [-0.39, 0.29) is 5.97 Å². The van der Waals surface area contributed by atoms with E-state index in [0.29, 0.717) is 0 Å². The number of nitrogens with two attached hydrogens (primary N) is 1. The van der Waals surface area contributed by atoms with E-state index in [9.17, 15) is 4.79 Å². The Kier molecular flexibility index (Phi) is 3.20. The highest BCUT2D eigenvalue weighted by Crippen LogP contribution is 2.28. The number of hydrogen-bond donors (Lipinski definition) is 1. The van der Waals surface area contributed by atoms with Crippen LogP contribution in [0.2, 0.25) is 0 Å². The molecule has 1 fully saturated rings. The Morgan fingerprint density at radius 1 is 1.21 bits per heavy atom. The molecule has 3 nitrogen and oxygen atoms in total. The van der Waals surface area contributed by atoms with E-state index >= 15 is 0 Å². The van der Waals surface area contributed by atoms with Crippen molar-refractivity contribution in [3.63, 3.8) is 0 Å². The summed E-state index contributed by atoms with van der Waals surface area (Å²) >= 11 is 0. The zero-order valence-corrected chi connectivity index (χ0v) is 9.43.